The summed E-state index contributed by atoms with van der Waals surface area (Å²) >= 11 is 5.28. The highest BCUT2D eigenvalue weighted by atomic mass is 32.1. The van der Waals surface area contributed by atoms with Gasteiger partial charge in [-0.15, -0.1) is 0 Å². The maximum atomic E-state index is 9.96. The molecular formula is C16H21N3O2S. The third-order valence-corrected chi connectivity index (χ3v) is 4.88. The van der Waals surface area contributed by atoms with Crippen LogP contribution in [-0.2, 0) is 0 Å². The zero-order valence-electron chi connectivity index (χ0n) is 12.6. The van der Waals surface area contributed by atoms with Gasteiger partial charge in [-0.2, -0.15) is 5.10 Å². The number of benzene rings is 1. The molecule has 0 spiro atoms. The molecular weight excluding hydrogens is 298 g/mol. The number of thiocarbonyl (C=S) groups is 1. The first-order valence-corrected chi connectivity index (χ1v) is 8.03. The second kappa shape index (κ2) is 6.52. The Balaban J connectivity index is 1.52. The Morgan fingerprint density at radius 3 is 2.95 bits per heavy atom. The van der Waals surface area contributed by atoms with Crippen molar-refractivity contribution in [3.8, 4) is 11.5 Å². The summed E-state index contributed by atoms with van der Waals surface area (Å²) in [5.74, 6) is 2.13. The second-order valence-corrected chi connectivity index (χ2v) is 6.43. The number of rotatable bonds is 4. The standard InChI is InChI=1S/C16H21N3O2S/c1-21-14-4-2-3-12(15(14)20)9-17-19-16(22)18-13-8-10-5-6-11(13)7-10/h2-4,9-11,13,20H,5-8H2,1H3,(H2,18,19,22)/b17-9+/t10-,11+,13-/m1/s1. The van der Waals surface area contributed by atoms with Crippen molar-refractivity contribution in [2.24, 2.45) is 16.9 Å². The van der Waals surface area contributed by atoms with Crippen molar-refractivity contribution in [2.45, 2.75) is 31.7 Å². The molecule has 1 aromatic carbocycles. The normalized spacial score (nSPS) is 26.3. The predicted octanol–water partition coefficient (Wildman–Crippen LogP) is 2.39. The molecule has 1 aromatic rings. The number of nitrogens with zero attached hydrogens (tertiary/aromatic N) is 1. The van der Waals surface area contributed by atoms with Crippen molar-refractivity contribution in [1.29, 1.82) is 0 Å². The van der Waals surface area contributed by atoms with Crippen LogP contribution in [0.3, 0.4) is 0 Å². The molecule has 2 bridgehead atoms. The van der Waals surface area contributed by atoms with Crippen LogP contribution in [0, 0.1) is 11.8 Å². The van der Waals surface area contributed by atoms with Gasteiger partial charge in [-0.1, -0.05) is 12.5 Å². The van der Waals surface area contributed by atoms with Crippen LogP contribution in [0.5, 0.6) is 11.5 Å². The minimum Gasteiger partial charge on any atom is -0.504 e. The van der Waals surface area contributed by atoms with Crippen molar-refractivity contribution in [1.82, 2.24) is 10.7 Å². The molecule has 2 saturated carbocycles. The van der Waals surface area contributed by atoms with Gasteiger partial charge >= 0.3 is 0 Å². The fourth-order valence-corrected chi connectivity index (χ4v) is 3.79. The first-order valence-electron chi connectivity index (χ1n) is 7.63. The van der Waals surface area contributed by atoms with E-state index in [-0.39, 0.29) is 5.75 Å². The van der Waals surface area contributed by atoms with Gasteiger partial charge in [0.1, 0.15) is 0 Å². The van der Waals surface area contributed by atoms with Crippen LogP contribution in [0.25, 0.3) is 0 Å². The van der Waals surface area contributed by atoms with E-state index in [0.717, 1.165) is 11.8 Å². The molecule has 3 atom stereocenters. The summed E-state index contributed by atoms with van der Waals surface area (Å²) in [6, 6.07) is 5.74. The van der Waals surface area contributed by atoms with Gasteiger partial charge in [-0.25, -0.2) is 0 Å². The number of nitrogens with one attached hydrogen (secondary N) is 2. The quantitative estimate of drug-likeness (QED) is 0.452. The average molecular weight is 319 g/mol. The largest absolute Gasteiger partial charge is 0.504 e. The number of phenolic OH excluding ortho intramolecular Hbond substituents is 1. The molecule has 2 aliphatic rings. The van der Waals surface area contributed by atoms with Crippen molar-refractivity contribution >= 4 is 23.5 Å². The molecule has 0 radical (unpaired) electrons. The van der Waals surface area contributed by atoms with Crippen LogP contribution < -0.4 is 15.5 Å². The first kappa shape index (κ1) is 15.1. The van der Waals surface area contributed by atoms with Crippen LogP contribution in [0.15, 0.2) is 23.3 Å². The number of hydrazone groups is 1. The fourth-order valence-electron chi connectivity index (χ4n) is 3.59. The lowest BCUT2D eigenvalue weighted by Gasteiger charge is -2.23. The van der Waals surface area contributed by atoms with E-state index in [2.05, 4.69) is 15.8 Å². The number of phenols is 1. The highest BCUT2D eigenvalue weighted by Gasteiger charge is 2.39. The molecule has 0 aliphatic heterocycles. The zero-order chi connectivity index (χ0) is 15.5. The van der Waals surface area contributed by atoms with Crippen LogP contribution in [-0.4, -0.2) is 29.6 Å². The predicted molar refractivity (Wildman–Crippen MR) is 90.4 cm³/mol. The van der Waals surface area contributed by atoms with E-state index in [0.29, 0.717) is 22.5 Å². The van der Waals surface area contributed by atoms with Crippen molar-refractivity contribution in [3.63, 3.8) is 0 Å². The summed E-state index contributed by atoms with van der Waals surface area (Å²) in [5.41, 5.74) is 3.40. The number of para-hydroxylation sites is 1. The molecule has 3 N–H and O–H groups in total. The Hall–Kier alpha value is -1.82. The van der Waals surface area contributed by atoms with Gasteiger partial charge < -0.3 is 15.2 Å². The maximum Gasteiger partial charge on any atom is 0.187 e. The zero-order valence-corrected chi connectivity index (χ0v) is 13.4. The lowest BCUT2D eigenvalue weighted by Crippen LogP contribution is -2.42. The Kier molecular flexibility index (Phi) is 4.47. The second-order valence-electron chi connectivity index (χ2n) is 6.02. The van der Waals surface area contributed by atoms with Crippen molar-refractivity contribution < 1.29 is 9.84 Å². The highest BCUT2D eigenvalue weighted by Crippen LogP contribution is 2.44. The maximum absolute atomic E-state index is 9.96. The smallest absolute Gasteiger partial charge is 0.187 e. The Bertz CT molecular complexity index is 591. The molecule has 0 aromatic heterocycles. The summed E-state index contributed by atoms with van der Waals surface area (Å²) in [6.45, 7) is 0. The van der Waals surface area contributed by atoms with E-state index in [9.17, 15) is 5.11 Å². The van der Waals surface area contributed by atoms with Gasteiger partial charge in [0, 0.05) is 11.6 Å². The fraction of sp³-hybridized carbons (Fsp3) is 0.500. The SMILES string of the molecule is COc1cccc(/C=N/NC(=S)N[C@@H]2C[C@@H]3CC[C@H]2C3)c1O. The van der Waals surface area contributed by atoms with Gasteiger partial charge in [0.15, 0.2) is 16.6 Å². The van der Waals surface area contributed by atoms with Crippen LogP contribution in [0.1, 0.15) is 31.2 Å². The van der Waals surface area contributed by atoms with Gasteiger partial charge in [0.2, 0.25) is 0 Å². The van der Waals surface area contributed by atoms with E-state index in [1.54, 1.807) is 18.2 Å². The number of aromatic hydroxyl groups is 1. The lowest BCUT2D eigenvalue weighted by molar-refractivity contribution is 0.373. The summed E-state index contributed by atoms with van der Waals surface area (Å²) < 4.78 is 5.06. The molecule has 0 amide bonds. The topological polar surface area (TPSA) is 65.9 Å². The molecule has 6 heteroatoms. The molecule has 0 saturated heterocycles. The van der Waals surface area contributed by atoms with Crippen molar-refractivity contribution in [3.05, 3.63) is 23.8 Å². The Labute approximate surface area is 135 Å². The highest BCUT2D eigenvalue weighted by molar-refractivity contribution is 7.80. The van der Waals surface area contributed by atoms with Crippen molar-refractivity contribution in [2.75, 3.05) is 7.11 Å². The third-order valence-electron chi connectivity index (χ3n) is 4.67. The Morgan fingerprint density at radius 1 is 1.41 bits per heavy atom. The number of fused-ring (bicyclic) bond motifs is 2. The minimum absolute atomic E-state index is 0.0718. The number of hydrogen-bond acceptors (Lipinski definition) is 4. The first-order chi connectivity index (χ1) is 10.7. The minimum atomic E-state index is 0.0718. The summed E-state index contributed by atoms with van der Waals surface area (Å²) in [5, 5.41) is 17.9. The van der Waals surface area contributed by atoms with E-state index < -0.39 is 0 Å². The summed E-state index contributed by atoms with van der Waals surface area (Å²) in [4.78, 5) is 0. The van der Waals surface area contributed by atoms with Gasteiger partial charge in [0.25, 0.3) is 0 Å². The number of hydrogen-bond donors (Lipinski definition) is 3. The molecule has 22 heavy (non-hydrogen) atoms. The molecule has 2 fully saturated rings. The van der Waals surface area contributed by atoms with E-state index in [1.807, 2.05) is 0 Å². The molecule has 3 rings (SSSR count). The van der Waals surface area contributed by atoms with E-state index in [4.69, 9.17) is 17.0 Å². The van der Waals surface area contributed by atoms with Crippen LogP contribution in [0.2, 0.25) is 0 Å². The van der Waals surface area contributed by atoms with E-state index >= 15 is 0 Å². The molecule has 118 valence electrons. The Morgan fingerprint density at radius 2 is 2.27 bits per heavy atom. The van der Waals surface area contributed by atoms with Gasteiger partial charge in [0.05, 0.1) is 13.3 Å². The van der Waals surface area contributed by atoms with Crippen LogP contribution >= 0.6 is 12.2 Å². The monoisotopic (exact) mass is 319 g/mol. The van der Waals surface area contributed by atoms with Gasteiger partial charge in [-0.3, -0.25) is 5.43 Å². The molecule has 5 nitrogen and oxygen atoms in total. The average Bonchev–Trinajstić information content (AvgIpc) is 3.11. The van der Waals surface area contributed by atoms with E-state index in [1.165, 1.54) is 39.0 Å². The molecule has 2 aliphatic carbocycles. The molecule has 0 heterocycles. The lowest BCUT2D eigenvalue weighted by atomic mass is 9.96. The van der Waals surface area contributed by atoms with Gasteiger partial charge in [-0.05, 0) is 55.4 Å². The molecule has 0 unspecified atom stereocenters. The summed E-state index contributed by atoms with van der Waals surface area (Å²) in [7, 11) is 1.52. The number of methoxy groups -OCH3 is 1. The van der Waals surface area contributed by atoms with Crippen LogP contribution in [0.4, 0.5) is 0 Å². The summed E-state index contributed by atoms with van der Waals surface area (Å²) in [6.07, 6.45) is 6.77. The number of ether oxygens (including phenoxy) is 1. The third kappa shape index (κ3) is 3.16.